The number of rotatable bonds is 3. The second-order valence-corrected chi connectivity index (χ2v) is 6.41. The molecule has 1 aliphatic carbocycles. The first-order valence-corrected chi connectivity index (χ1v) is 7.90. The molecular formula is C17H25N3. The van der Waals surface area contributed by atoms with Crippen molar-refractivity contribution in [3.05, 3.63) is 29.6 Å². The fourth-order valence-corrected chi connectivity index (χ4v) is 3.16. The van der Waals surface area contributed by atoms with Crippen molar-refractivity contribution in [3.8, 4) is 0 Å². The number of aryl methyl sites for hydroxylation is 1. The average Bonchev–Trinajstić information content (AvgIpc) is 2.78. The molecule has 2 aromatic rings. The van der Waals surface area contributed by atoms with E-state index in [2.05, 4.69) is 48.8 Å². The van der Waals surface area contributed by atoms with E-state index in [0.717, 1.165) is 5.65 Å². The van der Waals surface area contributed by atoms with Crippen LogP contribution < -0.4 is 5.32 Å². The van der Waals surface area contributed by atoms with E-state index in [1.54, 1.807) is 0 Å². The molecule has 2 heterocycles. The molecule has 0 aliphatic heterocycles. The molecule has 0 bridgehead atoms. The van der Waals surface area contributed by atoms with E-state index in [-0.39, 0.29) is 0 Å². The molecule has 1 N–H and O–H groups in total. The third-order valence-electron chi connectivity index (χ3n) is 4.29. The van der Waals surface area contributed by atoms with Crippen LogP contribution in [0.5, 0.6) is 0 Å². The fraction of sp³-hybridized carbons (Fsp3) is 0.588. The Hall–Kier alpha value is -1.51. The van der Waals surface area contributed by atoms with Crippen LogP contribution in [0.3, 0.4) is 0 Å². The molecule has 1 aliphatic rings. The Bertz CT molecular complexity index is 592. The van der Waals surface area contributed by atoms with Gasteiger partial charge in [0.2, 0.25) is 0 Å². The van der Waals surface area contributed by atoms with Crippen molar-refractivity contribution in [2.24, 2.45) is 0 Å². The Morgan fingerprint density at radius 2 is 1.95 bits per heavy atom. The normalized spacial score (nSPS) is 17.0. The second-order valence-electron chi connectivity index (χ2n) is 6.41. The van der Waals surface area contributed by atoms with Crippen molar-refractivity contribution in [1.82, 2.24) is 9.38 Å². The number of aromatic nitrogens is 2. The van der Waals surface area contributed by atoms with E-state index >= 15 is 0 Å². The highest BCUT2D eigenvalue weighted by Gasteiger charge is 2.19. The maximum atomic E-state index is 4.82. The van der Waals surface area contributed by atoms with Crippen molar-refractivity contribution in [3.63, 3.8) is 0 Å². The van der Waals surface area contributed by atoms with Gasteiger partial charge in [-0.2, -0.15) is 0 Å². The summed E-state index contributed by atoms with van der Waals surface area (Å²) >= 11 is 0. The van der Waals surface area contributed by atoms with Crippen molar-refractivity contribution in [2.75, 3.05) is 5.32 Å². The third-order valence-corrected chi connectivity index (χ3v) is 4.29. The number of nitrogens with zero attached hydrogens (tertiary/aromatic N) is 2. The Morgan fingerprint density at radius 1 is 1.20 bits per heavy atom. The van der Waals surface area contributed by atoms with E-state index in [1.165, 1.54) is 49.2 Å². The van der Waals surface area contributed by atoms with Crippen LogP contribution in [0.2, 0.25) is 0 Å². The van der Waals surface area contributed by atoms with Gasteiger partial charge in [0.15, 0.2) is 0 Å². The summed E-state index contributed by atoms with van der Waals surface area (Å²) in [5, 5.41) is 3.78. The van der Waals surface area contributed by atoms with Gasteiger partial charge in [0.25, 0.3) is 0 Å². The number of fused-ring (bicyclic) bond motifs is 1. The predicted molar refractivity (Wildman–Crippen MR) is 84.5 cm³/mol. The van der Waals surface area contributed by atoms with Crippen molar-refractivity contribution in [1.29, 1.82) is 0 Å². The van der Waals surface area contributed by atoms with E-state index in [0.29, 0.717) is 12.0 Å². The number of hydrogen-bond donors (Lipinski definition) is 1. The number of pyridine rings is 1. The molecule has 1 saturated carbocycles. The monoisotopic (exact) mass is 271 g/mol. The van der Waals surface area contributed by atoms with E-state index < -0.39 is 0 Å². The van der Waals surface area contributed by atoms with Crippen LogP contribution in [0.25, 0.3) is 5.65 Å². The lowest BCUT2D eigenvalue weighted by Gasteiger charge is -2.24. The fourth-order valence-electron chi connectivity index (χ4n) is 3.16. The number of nitrogens with one attached hydrogen (secondary N) is 1. The molecule has 3 rings (SSSR count). The highest BCUT2D eigenvalue weighted by molar-refractivity contribution is 5.57. The molecular weight excluding hydrogens is 246 g/mol. The van der Waals surface area contributed by atoms with E-state index in [1.807, 2.05) is 0 Å². The summed E-state index contributed by atoms with van der Waals surface area (Å²) in [5.74, 6) is 1.66. The molecule has 20 heavy (non-hydrogen) atoms. The summed E-state index contributed by atoms with van der Waals surface area (Å²) < 4.78 is 2.24. The zero-order valence-corrected chi connectivity index (χ0v) is 12.8. The minimum absolute atomic E-state index is 0.446. The first-order valence-electron chi connectivity index (χ1n) is 7.90. The van der Waals surface area contributed by atoms with Gasteiger partial charge in [-0.05, 0) is 37.3 Å². The summed E-state index contributed by atoms with van der Waals surface area (Å²) in [7, 11) is 0. The Labute approximate surface area is 121 Å². The molecule has 0 atom stereocenters. The number of hydrogen-bond acceptors (Lipinski definition) is 2. The maximum Gasteiger partial charge on any atom is 0.138 e. The molecule has 108 valence electrons. The lowest BCUT2D eigenvalue weighted by molar-refractivity contribution is 0.461. The highest BCUT2D eigenvalue weighted by atomic mass is 15.1. The first-order chi connectivity index (χ1) is 9.65. The molecule has 0 amide bonds. The lowest BCUT2D eigenvalue weighted by Crippen LogP contribution is -2.23. The number of anilines is 1. The molecule has 0 spiro atoms. The highest BCUT2D eigenvalue weighted by Crippen LogP contribution is 2.29. The largest absolute Gasteiger partial charge is 0.367 e. The van der Waals surface area contributed by atoms with E-state index in [4.69, 9.17) is 4.98 Å². The van der Waals surface area contributed by atoms with Gasteiger partial charge >= 0.3 is 0 Å². The minimum Gasteiger partial charge on any atom is -0.367 e. The number of imidazole rings is 1. The average molecular weight is 271 g/mol. The quantitative estimate of drug-likeness (QED) is 0.890. The molecule has 0 radical (unpaired) electrons. The topological polar surface area (TPSA) is 29.3 Å². The molecule has 1 fully saturated rings. The maximum absolute atomic E-state index is 4.82. The van der Waals surface area contributed by atoms with Gasteiger partial charge in [-0.25, -0.2) is 4.98 Å². The first kappa shape index (κ1) is 13.5. The molecule has 0 aromatic carbocycles. The van der Waals surface area contributed by atoms with Gasteiger partial charge in [0.05, 0.1) is 5.69 Å². The standard InChI is InChI=1S/C17H25N3/c1-12(2)16-17(18-14-7-5-4-6-8-14)20-11-13(3)9-10-15(20)19-16/h9-12,14,18H,4-8H2,1-3H3. The third kappa shape index (κ3) is 2.54. The Kier molecular flexibility index (Phi) is 3.68. The minimum atomic E-state index is 0.446. The SMILES string of the molecule is Cc1ccc2nc(C(C)C)c(NC3CCCCC3)n2c1. The van der Waals surface area contributed by atoms with Crippen LogP contribution in [0.4, 0.5) is 5.82 Å². The van der Waals surface area contributed by atoms with Crippen LogP contribution in [-0.4, -0.2) is 15.4 Å². The smallest absolute Gasteiger partial charge is 0.138 e. The van der Waals surface area contributed by atoms with Crippen molar-refractivity contribution < 1.29 is 0 Å². The van der Waals surface area contributed by atoms with Gasteiger partial charge in [-0.1, -0.05) is 39.2 Å². The zero-order chi connectivity index (χ0) is 14.1. The molecule has 2 aromatic heterocycles. The van der Waals surface area contributed by atoms with Gasteiger partial charge in [0, 0.05) is 12.2 Å². The molecule has 3 heteroatoms. The summed E-state index contributed by atoms with van der Waals surface area (Å²) in [6, 6.07) is 4.87. The van der Waals surface area contributed by atoms with Crippen molar-refractivity contribution >= 4 is 11.5 Å². The summed E-state index contributed by atoms with van der Waals surface area (Å²) in [6.45, 7) is 6.58. The van der Waals surface area contributed by atoms with Crippen molar-refractivity contribution in [2.45, 2.75) is 64.8 Å². The second kappa shape index (κ2) is 5.47. The molecule has 3 nitrogen and oxygen atoms in total. The van der Waals surface area contributed by atoms with Crippen LogP contribution >= 0.6 is 0 Å². The van der Waals surface area contributed by atoms with Crippen LogP contribution in [-0.2, 0) is 0 Å². The van der Waals surface area contributed by atoms with Crippen LogP contribution in [0.1, 0.15) is 63.1 Å². The van der Waals surface area contributed by atoms with Gasteiger partial charge in [0.1, 0.15) is 11.5 Å². The summed E-state index contributed by atoms with van der Waals surface area (Å²) in [5.41, 5.74) is 3.52. The Balaban J connectivity index is 2.01. The summed E-state index contributed by atoms with van der Waals surface area (Å²) in [6.07, 6.45) is 8.86. The predicted octanol–water partition coefficient (Wildman–Crippen LogP) is 4.51. The lowest BCUT2D eigenvalue weighted by atomic mass is 9.95. The molecule has 0 saturated heterocycles. The van der Waals surface area contributed by atoms with E-state index in [9.17, 15) is 0 Å². The summed E-state index contributed by atoms with van der Waals surface area (Å²) in [4.78, 5) is 4.82. The van der Waals surface area contributed by atoms with Gasteiger partial charge in [-0.3, -0.25) is 4.40 Å². The van der Waals surface area contributed by atoms with Gasteiger partial charge in [-0.15, -0.1) is 0 Å². The zero-order valence-electron chi connectivity index (χ0n) is 12.8. The van der Waals surface area contributed by atoms with Gasteiger partial charge < -0.3 is 5.32 Å². The van der Waals surface area contributed by atoms with Crippen LogP contribution in [0.15, 0.2) is 18.3 Å². The Morgan fingerprint density at radius 3 is 2.65 bits per heavy atom. The van der Waals surface area contributed by atoms with Crippen LogP contribution in [0, 0.1) is 6.92 Å². The molecule has 0 unspecified atom stereocenters.